The molecule has 1 amide bonds. The van der Waals surface area contributed by atoms with Gasteiger partial charge >= 0.3 is 0 Å². The van der Waals surface area contributed by atoms with Crippen LogP contribution in [0.1, 0.15) is 40.5 Å². The zero-order valence-electron chi connectivity index (χ0n) is 12.9. The molecule has 3 N–H and O–H groups in total. The van der Waals surface area contributed by atoms with E-state index in [9.17, 15) is 4.79 Å². The Morgan fingerprint density at radius 2 is 1.89 bits per heavy atom. The number of carbonyl (C=O) groups is 1. The minimum atomic E-state index is -0.0219. The molecule has 4 heteroatoms. The minimum Gasteiger partial charge on any atom is -0.354 e. The lowest BCUT2D eigenvalue weighted by Crippen LogP contribution is -2.48. The Bertz CT molecular complexity index is 249. The van der Waals surface area contributed by atoms with Gasteiger partial charge in [-0.05, 0) is 52.7 Å². The van der Waals surface area contributed by atoms with Crippen LogP contribution >= 0.6 is 0 Å². The molecule has 0 radical (unpaired) electrons. The summed E-state index contributed by atoms with van der Waals surface area (Å²) in [5.41, 5.74) is 5.69. The summed E-state index contributed by atoms with van der Waals surface area (Å²) in [5, 5.41) is 3.01. The molecule has 0 bridgehead atoms. The average Bonchev–Trinajstić information content (AvgIpc) is 2.24. The molecule has 0 aromatic rings. The van der Waals surface area contributed by atoms with Crippen LogP contribution in [0.15, 0.2) is 0 Å². The molecular weight excluding hydrogens is 226 g/mol. The Kier molecular flexibility index (Phi) is 7.48. The molecule has 0 aromatic carbocycles. The van der Waals surface area contributed by atoms with Gasteiger partial charge < -0.3 is 16.0 Å². The van der Waals surface area contributed by atoms with E-state index in [1.165, 1.54) is 0 Å². The zero-order valence-corrected chi connectivity index (χ0v) is 12.9. The van der Waals surface area contributed by atoms with Crippen molar-refractivity contribution >= 4 is 5.91 Å². The van der Waals surface area contributed by atoms with Gasteiger partial charge in [-0.1, -0.05) is 13.8 Å². The van der Waals surface area contributed by atoms with E-state index in [-0.39, 0.29) is 11.4 Å². The van der Waals surface area contributed by atoms with E-state index in [0.717, 1.165) is 6.42 Å². The highest BCUT2D eigenvalue weighted by Gasteiger charge is 2.22. The quantitative estimate of drug-likeness (QED) is 0.692. The third kappa shape index (κ3) is 6.97. The van der Waals surface area contributed by atoms with E-state index in [0.29, 0.717) is 31.3 Å². The number of likely N-dealkylation sites (N-methyl/N-ethyl adjacent to an activating group) is 1. The maximum absolute atomic E-state index is 11.9. The first-order valence-corrected chi connectivity index (χ1v) is 6.83. The van der Waals surface area contributed by atoms with E-state index in [4.69, 9.17) is 5.73 Å². The highest BCUT2D eigenvalue weighted by molar-refractivity contribution is 5.76. The predicted molar refractivity (Wildman–Crippen MR) is 77.4 cm³/mol. The predicted octanol–water partition coefficient (Wildman–Crippen LogP) is 1.45. The van der Waals surface area contributed by atoms with Crippen LogP contribution in [0, 0.1) is 11.8 Å². The summed E-state index contributed by atoms with van der Waals surface area (Å²) in [6, 6.07) is 0. The smallest absolute Gasteiger partial charge is 0.220 e. The molecule has 0 spiro atoms. The standard InChI is InChI=1S/C14H31N3O/c1-11(2)7-12(9-15)8-13(18)16-10-14(3,4)17(5)6/h11-12H,7-10,15H2,1-6H3,(H,16,18)/t12-/m0/s1. The van der Waals surface area contributed by atoms with Crippen molar-refractivity contribution in [3.05, 3.63) is 0 Å². The molecule has 0 saturated heterocycles. The molecule has 1 atom stereocenters. The Balaban J connectivity index is 4.10. The number of nitrogens with zero attached hydrogens (tertiary/aromatic N) is 1. The second-order valence-corrected chi connectivity index (χ2v) is 6.42. The molecule has 0 rings (SSSR count). The number of hydrogen-bond donors (Lipinski definition) is 2. The summed E-state index contributed by atoms with van der Waals surface area (Å²) in [4.78, 5) is 14.0. The molecule has 0 fully saturated rings. The monoisotopic (exact) mass is 257 g/mol. The Labute approximate surface area is 112 Å². The van der Waals surface area contributed by atoms with Crippen LogP contribution < -0.4 is 11.1 Å². The third-order valence-corrected chi connectivity index (χ3v) is 3.54. The lowest BCUT2D eigenvalue weighted by Gasteiger charge is -2.32. The van der Waals surface area contributed by atoms with Crippen LogP contribution in [-0.2, 0) is 4.79 Å². The van der Waals surface area contributed by atoms with Crippen molar-refractivity contribution in [2.24, 2.45) is 17.6 Å². The topological polar surface area (TPSA) is 58.4 Å². The van der Waals surface area contributed by atoms with Gasteiger partial charge in [-0.25, -0.2) is 0 Å². The molecule has 108 valence electrons. The van der Waals surface area contributed by atoms with Gasteiger partial charge in [0.05, 0.1) is 0 Å². The van der Waals surface area contributed by atoms with Crippen molar-refractivity contribution in [1.82, 2.24) is 10.2 Å². The summed E-state index contributed by atoms with van der Waals surface area (Å²) in [6.07, 6.45) is 1.55. The molecule has 0 aliphatic rings. The summed E-state index contributed by atoms with van der Waals surface area (Å²) in [7, 11) is 4.04. The summed E-state index contributed by atoms with van der Waals surface area (Å²) in [6.45, 7) is 9.80. The number of nitrogens with two attached hydrogens (primary N) is 1. The average molecular weight is 257 g/mol. The van der Waals surface area contributed by atoms with Crippen LogP contribution in [0.3, 0.4) is 0 Å². The van der Waals surface area contributed by atoms with Crippen molar-refractivity contribution < 1.29 is 4.79 Å². The van der Waals surface area contributed by atoms with Gasteiger partial charge in [0, 0.05) is 18.5 Å². The van der Waals surface area contributed by atoms with Gasteiger partial charge in [0.15, 0.2) is 0 Å². The van der Waals surface area contributed by atoms with Gasteiger partial charge in [0.1, 0.15) is 0 Å². The van der Waals surface area contributed by atoms with E-state index in [2.05, 4.69) is 37.9 Å². The second kappa shape index (κ2) is 7.74. The SMILES string of the molecule is CC(C)C[C@H](CN)CC(=O)NCC(C)(C)N(C)C. The number of nitrogens with one attached hydrogen (secondary N) is 1. The van der Waals surface area contributed by atoms with Gasteiger partial charge in [0.2, 0.25) is 5.91 Å². The van der Waals surface area contributed by atoms with E-state index < -0.39 is 0 Å². The fourth-order valence-electron chi connectivity index (χ4n) is 1.74. The molecule has 0 heterocycles. The molecule has 0 aromatic heterocycles. The Morgan fingerprint density at radius 3 is 2.28 bits per heavy atom. The first-order chi connectivity index (χ1) is 8.19. The van der Waals surface area contributed by atoms with Gasteiger partial charge in [-0.3, -0.25) is 4.79 Å². The first-order valence-electron chi connectivity index (χ1n) is 6.83. The van der Waals surface area contributed by atoms with Gasteiger partial charge in [-0.2, -0.15) is 0 Å². The molecule has 0 unspecified atom stereocenters. The van der Waals surface area contributed by atoms with Gasteiger partial charge in [-0.15, -0.1) is 0 Å². The number of hydrogen-bond acceptors (Lipinski definition) is 3. The van der Waals surface area contributed by atoms with E-state index in [1.807, 2.05) is 14.1 Å². The minimum absolute atomic E-state index is 0.0219. The third-order valence-electron chi connectivity index (χ3n) is 3.54. The largest absolute Gasteiger partial charge is 0.354 e. The van der Waals surface area contributed by atoms with Crippen molar-refractivity contribution in [3.8, 4) is 0 Å². The van der Waals surface area contributed by atoms with Crippen LogP contribution in [0.2, 0.25) is 0 Å². The molecule has 0 aliphatic carbocycles. The molecule has 4 nitrogen and oxygen atoms in total. The Hall–Kier alpha value is -0.610. The molecular formula is C14H31N3O. The summed E-state index contributed by atoms with van der Waals surface area (Å²) < 4.78 is 0. The normalized spacial score (nSPS) is 14.1. The molecule has 0 saturated carbocycles. The van der Waals surface area contributed by atoms with E-state index >= 15 is 0 Å². The molecule has 18 heavy (non-hydrogen) atoms. The van der Waals surface area contributed by atoms with Crippen LogP contribution in [0.4, 0.5) is 0 Å². The lowest BCUT2D eigenvalue weighted by molar-refractivity contribution is -0.122. The maximum atomic E-state index is 11.9. The Morgan fingerprint density at radius 1 is 1.33 bits per heavy atom. The van der Waals surface area contributed by atoms with Crippen LogP contribution in [0.25, 0.3) is 0 Å². The fourth-order valence-corrected chi connectivity index (χ4v) is 1.74. The number of carbonyl (C=O) groups excluding carboxylic acids is 1. The lowest BCUT2D eigenvalue weighted by atomic mass is 9.94. The first kappa shape index (κ1) is 17.4. The number of amides is 1. The van der Waals surface area contributed by atoms with Crippen molar-refractivity contribution in [2.75, 3.05) is 27.2 Å². The van der Waals surface area contributed by atoms with Crippen LogP contribution in [0.5, 0.6) is 0 Å². The van der Waals surface area contributed by atoms with Crippen molar-refractivity contribution in [3.63, 3.8) is 0 Å². The summed E-state index contributed by atoms with van der Waals surface area (Å²) in [5.74, 6) is 0.998. The highest BCUT2D eigenvalue weighted by Crippen LogP contribution is 2.14. The second-order valence-electron chi connectivity index (χ2n) is 6.42. The highest BCUT2D eigenvalue weighted by atomic mass is 16.1. The fraction of sp³-hybridized carbons (Fsp3) is 0.929. The van der Waals surface area contributed by atoms with Gasteiger partial charge in [0.25, 0.3) is 0 Å². The van der Waals surface area contributed by atoms with Crippen molar-refractivity contribution in [2.45, 2.75) is 46.1 Å². The number of rotatable bonds is 8. The zero-order chi connectivity index (χ0) is 14.3. The van der Waals surface area contributed by atoms with E-state index in [1.54, 1.807) is 0 Å². The van der Waals surface area contributed by atoms with Crippen LogP contribution in [-0.4, -0.2) is 43.5 Å². The maximum Gasteiger partial charge on any atom is 0.220 e. The molecule has 0 aliphatic heterocycles. The van der Waals surface area contributed by atoms with Crippen molar-refractivity contribution in [1.29, 1.82) is 0 Å². The summed E-state index contributed by atoms with van der Waals surface area (Å²) >= 11 is 0.